The number of nitrogens with one attached hydrogen (secondary N) is 1. The third kappa shape index (κ3) is 4.86. The van der Waals surface area contributed by atoms with Gasteiger partial charge in [0.1, 0.15) is 0 Å². The fourth-order valence-corrected chi connectivity index (χ4v) is 1.25. The molecule has 1 aromatic carbocycles. The van der Waals surface area contributed by atoms with Crippen molar-refractivity contribution >= 4 is 11.6 Å². The number of halogens is 3. The molecule has 0 heterocycles. The average Bonchev–Trinajstić information content (AvgIpc) is 2.15. The Morgan fingerprint density at radius 1 is 1.47 bits per heavy atom. The molecule has 0 aliphatic heterocycles. The van der Waals surface area contributed by atoms with Crippen molar-refractivity contribution in [3.8, 4) is 0 Å². The summed E-state index contributed by atoms with van der Waals surface area (Å²) in [5.74, 6) is -0.436. The van der Waals surface area contributed by atoms with Gasteiger partial charge in [-0.2, -0.15) is 13.2 Å². The minimum atomic E-state index is -4.26. The van der Waals surface area contributed by atoms with E-state index >= 15 is 0 Å². The van der Waals surface area contributed by atoms with Crippen LogP contribution in [0, 0.1) is 0 Å². The number of rotatable bonds is 3. The molecule has 0 aromatic heterocycles. The fourth-order valence-electron chi connectivity index (χ4n) is 1.25. The number of nitrogens with two attached hydrogens (primary N) is 1. The second-order valence-corrected chi connectivity index (χ2v) is 3.77. The van der Waals surface area contributed by atoms with E-state index in [4.69, 9.17) is 5.73 Å². The number of anilines is 1. The lowest BCUT2D eigenvalue weighted by molar-refractivity contribution is -0.127. The summed E-state index contributed by atoms with van der Waals surface area (Å²) in [6.45, 7) is 1.49. The van der Waals surface area contributed by atoms with Crippen LogP contribution >= 0.6 is 0 Å². The van der Waals surface area contributed by atoms with Gasteiger partial charge in [0.15, 0.2) is 0 Å². The van der Waals surface area contributed by atoms with E-state index in [1.54, 1.807) is 0 Å². The van der Waals surface area contributed by atoms with Gasteiger partial charge in [-0.1, -0.05) is 12.1 Å². The first-order chi connectivity index (χ1) is 7.78. The predicted molar refractivity (Wildman–Crippen MR) is 58.5 cm³/mol. The molecule has 0 saturated heterocycles. The maximum Gasteiger partial charge on any atom is 0.393 e. The van der Waals surface area contributed by atoms with Gasteiger partial charge in [0.2, 0.25) is 5.91 Å². The van der Waals surface area contributed by atoms with Gasteiger partial charge in [-0.3, -0.25) is 4.79 Å². The Hall–Kier alpha value is -1.56. The molecule has 0 bridgehead atoms. The molecule has 0 fully saturated rings. The fraction of sp³-hybridized carbons (Fsp3) is 0.364. The standard InChI is InChI=1S/C11H13F3N2O/c1-7(15)10(17)16-9-4-2-3-8(5-9)6-11(12,13)14/h2-5,7H,6,15H2,1H3,(H,16,17)/t7-/m0/s1. The molecule has 1 rings (SSSR count). The van der Waals surface area contributed by atoms with Crippen molar-refractivity contribution in [1.29, 1.82) is 0 Å². The molecule has 0 aliphatic rings. The molecule has 0 spiro atoms. The third-order valence-electron chi connectivity index (χ3n) is 2.01. The molecule has 94 valence electrons. The van der Waals surface area contributed by atoms with Crippen LogP contribution in [-0.4, -0.2) is 18.1 Å². The van der Waals surface area contributed by atoms with Gasteiger partial charge in [0.25, 0.3) is 0 Å². The van der Waals surface area contributed by atoms with Crippen molar-refractivity contribution < 1.29 is 18.0 Å². The van der Waals surface area contributed by atoms with Crippen LogP contribution in [0.5, 0.6) is 0 Å². The second-order valence-electron chi connectivity index (χ2n) is 3.77. The smallest absolute Gasteiger partial charge is 0.325 e. The Bertz CT molecular complexity index is 402. The predicted octanol–water partition coefficient (Wildman–Crippen LogP) is 2.08. The Morgan fingerprint density at radius 3 is 2.65 bits per heavy atom. The lowest BCUT2D eigenvalue weighted by Gasteiger charge is -2.10. The summed E-state index contributed by atoms with van der Waals surface area (Å²) in [7, 11) is 0. The molecule has 3 nitrogen and oxygen atoms in total. The topological polar surface area (TPSA) is 55.1 Å². The maximum atomic E-state index is 12.2. The first kappa shape index (κ1) is 13.5. The summed E-state index contributed by atoms with van der Waals surface area (Å²) in [5.41, 5.74) is 5.74. The van der Waals surface area contributed by atoms with E-state index in [0.29, 0.717) is 5.69 Å². The largest absolute Gasteiger partial charge is 0.393 e. The van der Waals surface area contributed by atoms with Crippen molar-refractivity contribution in [3.05, 3.63) is 29.8 Å². The van der Waals surface area contributed by atoms with Crippen molar-refractivity contribution in [3.63, 3.8) is 0 Å². The van der Waals surface area contributed by atoms with Gasteiger partial charge >= 0.3 is 6.18 Å². The van der Waals surface area contributed by atoms with E-state index in [2.05, 4.69) is 5.32 Å². The van der Waals surface area contributed by atoms with Crippen molar-refractivity contribution in [2.24, 2.45) is 5.73 Å². The first-order valence-corrected chi connectivity index (χ1v) is 5.00. The molecule has 1 amide bonds. The van der Waals surface area contributed by atoms with Crippen LogP contribution in [0.4, 0.5) is 18.9 Å². The van der Waals surface area contributed by atoms with Gasteiger partial charge in [-0.25, -0.2) is 0 Å². The summed E-state index contributed by atoms with van der Waals surface area (Å²) in [5, 5.41) is 2.44. The van der Waals surface area contributed by atoms with Gasteiger partial charge in [0.05, 0.1) is 12.5 Å². The number of hydrogen-bond acceptors (Lipinski definition) is 2. The summed E-state index contributed by atoms with van der Waals surface area (Å²) < 4.78 is 36.5. The zero-order valence-corrected chi connectivity index (χ0v) is 9.21. The highest BCUT2D eigenvalue weighted by Crippen LogP contribution is 2.22. The molecule has 0 saturated carbocycles. The molecule has 3 N–H and O–H groups in total. The second kappa shape index (κ2) is 5.18. The summed E-state index contributed by atoms with van der Waals surface area (Å²) in [6.07, 6.45) is -5.28. The number of hydrogen-bond donors (Lipinski definition) is 2. The monoisotopic (exact) mass is 246 g/mol. The maximum absolute atomic E-state index is 12.2. The Balaban J connectivity index is 2.76. The number of carbonyl (C=O) groups is 1. The van der Waals surface area contributed by atoms with Crippen LogP contribution in [0.2, 0.25) is 0 Å². The van der Waals surface area contributed by atoms with Gasteiger partial charge < -0.3 is 11.1 Å². The van der Waals surface area contributed by atoms with Crippen LogP contribution in [-0.2, 0) is 11.2 Å². The molecule has 1 atom stereocenters. The van der Waals surface area contributed by atoms with E-state index in [1.807, 2.05) is 0 Å². The Kier molecular flexibility index (Phi) is 4.11. The van der Waals surface area contributed by atoms with Crippen molar-refractivity contribution in [1.82, 2.24) is 0 Å². The third-order valence-corrected chi connectivity index (χ3v) is 2.01. The van der Waals surface area contributed by atoms with E-state index < -0.39 is 24.5 Å². The number of amides is 1. The zero-order chi connectivity index (χ0) is 13.1. The van der Waals surface area contributed by atoms with Gasteiger partial charge in [-0.15, -0.1) is 0 Å². The van der Waals surface area contributed by atoms with Gasteiger partial charge in [-0.05, 0) is 24.6 Å². The molecule has 17 heavy (non-hydrogen) atoms. The Labute approximate surface area is 96.8 Å². The summed E-state index contributed by atoms with van der Waals surface area (Å²) >= 11 is 0. The molecule has 0 radical (unpaired) electrons. The summed E-state index contributed by atoms with van der Waals surface area (Å²) in [4.78, 5) is 11.3. The van der Waals surface area contributed by atoms with Crippen LogP contribution in [0.3, 0.4) is 0 Å². The van der Waals surface area contributed by atoms with Crippen molar-refractivity contribution in [2.75, 3.05) is 5.32 Å². The van der Waals surface area contributed by atoms with Crippen LogP contribution in [0.1, 0.15) is 12.5 Å². The first-order valence-electron chi connectivity index (χ1n) is 5.00. The Morgan fingerprint density at radius 2 is 2.12 bits per heavy atom. The minimum absolute atomic E-state index is 0.0972. The quantitative estimate of drug-likeness (QED) is 0.857. The van der Waals surface area contributed by atoms with Crippen LogP contribution in [0.25, 0.3) is 0 Å². The lowest BCUT2D eigenvalue weighted by Crippen LogP contribution is -2.32. The summed E-state index contributed by atoms with van der Waals surface area (Å²) in [6, 6.07) is 4.90. The molecular weight excluding hydrogens is 233 g/mol. The molecule has 1 aromatic rings. The zero-order valence-electron chi connectivity index (χ0n) is 9.21. The van der Waals surface area contributed by atoms with E-state index in [1.165, 1.54) is 31.2 Å². The minimum Gasteiger partial charge on any atom is -0.325 e. The number of carbonyl (C=O) groups excluding carboxylic acids is 1. The normalized spacial score (nSPS) is 13.2. The highest BCUT2D eigenvalue weighted by Gasteiger charge is 2.27. The highest BCUT2D eigenvalue weighted by molar-refractivity contribution is 5.94. The SMILES string of the molecule is C[C@H](N)C(=O)Nc1cccc(CC(F)(F)F)c1. The van der Waals surface area contributed by atoms with Crippen molar-refractivity contribution in [2.45, 2.75) is 25.6 Å². The molecular formula is C11H13F3N2O. The molecule has 0 unspecified atom stereocenters. The number of benzene rings is 1. The molecule has 0 aliphatic carbocycles. The van der Waals surface area contributed by atoms with E-state index in [-0.39, 0.29) is 5.56 Å². The van der Waals surface area contributed by atoms with E-state index in [0.717, 1.165) is 0 Å². The van der Waals surface area contributed by atoms with Crippen LogP contribution < -0.4 is 11.1 Å². The van der Waals surface area contributed by atoms with E-state index in [9.17, 15) is 18.0 Å². The highest BCUT2D eigenvalue weighted by atomic mass is 19.4. The molecule has 6 heteroatoms. The number of alkyl halides is 3. The lowest BCUT2D eigenvalue weighted by atomic mass is 10.1. The average molecular weight is 246 g/mol. The van der Waals surface area contributed by atoms with Gasteiger partial charge in [0, 0.05) is 5.69 Å². The van der Waals surface area contributed by atoms with Crippen LogP contribution in [0.15, 0.2) is 24.3 Å².